The van der Waals surface area contributed by atoms with E-state index in [0.717, 1.165) is 6.07 Å². The normalized spacial score (nSPS) is 17.9. The lowest BCUT2D eigenvalue weighted by Crippen LogP contribution is -2.36. The summed E-state index contributed by atoms with van der Waals surface area (Å²) in [6, 6.07) is 1.81. The summed E-state index contributed by atoms with van der Waals surface area (Å²) in [5.74, 6) is -2.21. The molecule has 0 radical (unpaired) electrons. The smallest absolute Gasteiger partial charge is 0.161 e. The Kier molecular flexibility index (Phi) is 3.72. The zero-order valence-electron chi connectivity index (χ0n) is 9.77. The summed E-state index contributed by atoms with van der Waals surface area (Å²) in [6.45, 7) is 2.28. The van der Waals surface area contributed by atoms with Gasteiger partial charge in [0.05, 0.1) is 0 Å². The molecule has 1 N–H and O–H groups in total. The first kappa shape index (κ1) is 12.4. The SMILES string of the molecule is CC(NCc1cc(F)c(F)cc1F)C1CCC1. The van der Waals surface area contributed by atoms with E-state index >= 15 is 0 Å². The average Bonchev–Trinajstić information content (AvgIpc) is 2.19. The van der Waals surface area contributed by atoms with Crippen LogP contribution >= 0.6 is 0 Å². The molecule has 1 nitrogen and oxygen atoms in total. The Morgan fingerprint density at radius 3 is 2.41 bits per heavy atom. The fourth-order valence-corrected chi connectivity index (χ4v) is 2.08. The summed E-state index contributed by atoms with van der Waals surface area (Å²) in [6.07, 6.45) is 3.62. The van der Waals surface area contributed by atoms with E-state index in [1.54, 1.807) is 0 Å². The Bertz CT molecular complexity index is 402. The van der Waals surface area contributed by atoms with Crippen molar-refractivity contribution in [2.75, 3.05) is 0 Å². The van der Waals surface area contributed by atoms with Crippen LogP contribution in [-0.4, -0.2) is 6.04 Å². The highest BCUT2D eigenvalue weighted by Gasteiger charge is 2.23. The van der Waals surface area contributed by atoms with Gasteiger partial charge in [0.1, 0.15) is 5.82 Å². The van der Waals surface area contributed by atoms with Crippen molar-refractivity contribution in [1.29, 1.82) is 0 Å². The second-order valence-electron chi connectivity index (χ2n) is 4.72. The zero-order valence-corrected chi connectivity index (χ0v) is 9.77. The van der Waals surface area contributed by atoms with Gasteiger partial charge >= 0.3 is 0 Å². The molecule has 1 aromatic carbocycles. The quantitative estimate of drug-likeness (QED) is 0.799. The molecule has 17 heavy (non-hydrogen) atoms. The van der Waals surface area contributed by atoms with Crippen LogP contribution in [0.1, 0.15) is 31.7 Å². The molecule has 1 aromatic rings. The van der Waals surface area contributed by atoms with Crippen LogP contribution in [0.5, 0.6) is 0 Å². The van der Waals surface area contributed by atoms with Crippen LogP contribution in [0.25, 0.3) is 0 Å². The average molecular weight is 243 g/mol. The van der Waals surface area contributed by atoms with Gasteiger partial charge in [-0.05, 0) is 31.7 Å². The first-order valence-electron chi connectivity index (χ1n) is 5.94. The Labute approximate surface area is 99.0 Å². The summed E-state index contributed by atoms with van der Waals surface area (Å²) in [5.41, 5.74) is 0.176. The minimum atomic E-state index is -1.14. The van der Waals surface area contributed by atoms with Gasteiger partial charge in [0.15, 0.2) is 11.6 Å². The van der Waals surface area contributed by atoms with E-state index in [-0.39, 0.29) is 18.2 Å². The molecule has 1 saturated carbocycles. The van der Waals surface area contributed by atoms with Crippen molar-refractivity contribution in [2.24, 2.45) is 5.92 Å². The molecule has 1 unspecified atom stereocenters. The lowest BCUT2D eigenvalue weighted by Gasteiger charge is -2.32. The number of nitrogens with one attached hydrogen (secondary N) is 1. The van der Waals surface area contributed by atoms with Crippen molar-refractivity contribution < 1.29 is 13.2 Å². The van der Waals surface area contributed by atoms with Crippen LogP contribution in [0, 0.1) is 23.4 Å². The molecular weight excluding hydrogens is 227 g/mol. The van der Waals surface area contributed by atoms with E-state index in [0.29, 0.717) is 12.0 Å². The molecule has 0 aliphatic heterocycles. The maximum atomic E-state index is 13.3. The van der Waals surface area contributed by atoms with Crippen LogP contribution in [-0.2, 0) is 6.54 Å². The molecular formula is C13H16F3N. The van der Waals surface area contributed by atoms with Crippen molar-refractivity contribution in [3.05, 3.63) is 35.1 Å². The predicted octanol–water partition coefficient (Wildman–Crippen LogP) is 3.38. The third-order valence-corrected chi connectivity index (χ3v) is 3.56. The number of rotatable bonds is 4. The van der Waals surface area contributed by atoms with Gasteiger partial charge in [-0.2, -0.15) is 0 Å². The maximum absolute atomic E-state index is 13.3. The first-order valence-corrected chi connectivity index (χ1v) is 5.94. The highest BCUT2D eigenvalue weighted by atomic mass is 19.2. The van der Waals surface area contributed by atoms with Crippen molar-refractivity contribution in [3.8, 4) is 0 Å². The third-order valence-electron chi connectivity index (χ3n) is 3.56. The third kappa shape index (κ3) is 2.80. The van der Waals surface area contributed by atoms with Gasteiger partial charge in [-0.3, -0.25) is 0 Å². The van der Waals surface area contributed by atoms with Crippen LogP contribution in [0.3, 0.4) is 0 Å². The van der Waals surface area contributed by atoms with E-state index in [2.05, 4.69) is 5.32 Å². The fourth-order valence-electron chi connectivity index (χ4n) is 2.08. The first-order chi connectivity index (χ1) is 8.08. The second-order valence-corrected chi connectivity index (χ2v) is 4.72. The minimum absolute atomic E-state index is 0.176. The van der Waals surface area contributed by atoms with Crippen LogP contribution in [0.2, 0.25) is 0 Å². The molecule has 0 saturated heterocycles. The monoisotopic (exact) mass is 243 g/mol. The molecule has 1 atom stereocenters. The molecule has 0 bridgehead atoms. The van der Waals surface area contributed by atoms with Crippen LogP contribution in [0.4, 0.5) is 13.2 Å². The van der Waals surface area contributed by atoms with Crippen LogP contribution < -0.4 is 5.32 Å². The van der Waals surface area contributed by atoms with Gasteiger partial charge in [-0.25, -0.2) is 13.2 Å². The summed E-state index contributed by atoms with van der Waals surface area (Å²) in [7, 11) is 0. The van der Waals surface area contributed by atoms with Crippen molar-refractivity contribution in [2.45, 2.75) is 38.8 Å². The van der Waals surface area contributed by atoms with Gasteiger partial charge in [-0.1, -0.05) is 6.42 Å². The minimum Gasteiger partial charge on any atom is -0.310 e. The molecule has 0 heterocycles. The topological polar surface area (TPSA) is 12.0 Å². The maximum Gasteiger partial charge on any atom is 0.161 e. The van der Waals surface area contributed by atoms with Gasteiger partial charge in [0.25, 0.3) is 0 Å². The summed E-state index contributed by atoms with van der Waals surface area (Å²) < 4.78 is 39.0. The molecule has 2 rings (SSSR count). The van der Waals surface area contributed by atoms with Gasteiger partial charge in [0, 0.05) is 24.2 Å². The number of benzene rings is 1. The van der Waals surface area contributed by atoms with E-state index in [1.807, 2.05) is 6.92 Å². The number of halogens is 3. The molecule has 94 valence electrons. The highest BCUT2D eigenvalue weighted by Crippen LogP contribution is 2.29. The lowest BCUT2D eigenvalue weighted by atomic mass is 9.80. The van der Waals surface area contributed by atoms with Crippen molar-refractivity contribution in [3.63, 3.8) is 0 Å². The lowest BCUT2D eigenvalue weighted by molar-refractivity contribution is 0.239. The molecule has 0 amide bonds. The standard InChI is InChI=1S/C13H16F3N/c1-8(9-3-2-4-9)17-7-10-5-12(15)13(16)6-11(10)14/h5-6,8-9,17H,2-4,7H2,1H3. The highest BCUT2D eigenvalue weighted by molar-refractivity contribution is 5.20. The second kappa shape index (κ2) is 5.08. The summed E-state index contributed by atoms with van der Waals surface area (Å²) in [4.78, 5) is 0. The van der Waals surface area contributed by atoms with Crippen molar-refractivity contribution >= 4 is 0 Å². The fraction of sp³-hybridized carbons (Fsp3) is 0.538. The van der Waals surface area contributed by atoms with Gasteiger partial charge in [-0.15, -0.1) is 0 Å². The van der Waals surface area contributed by atoms with E-state index in [9.17, 15) is 13.2 Å². The van der Waals surface area contributed by atoms with E-state index in [4.69, 9.17) is 0 Å². The molecule has 1 aliphatic rings. The zero-order chi connectivity index (χ0) is 12.4. The van der Waals surface area contributed by atoms with Crippen LogP contribution in [0.15, 0.2) is 12.1 Å². The number of hydrogen-bond acceptors (Lipinski definition) is 1. The number of hydrogen-bond donors (Lipinski definition) is 1. The predicted molar refractivity (Wildman–Crippen MR) is 60.0 cm³/mol. The molecule has 4 heteroatoms. The Hall–Kier alpha value is -1.03. The van der Waals surface area contributed by atoms with Gasteiger partial charge < -0.3 is 5.32 Å². The van der Waals surface area contributed by atoms with Crippen molar-refractivity contribution in [1.82, 2.24) is 5.32 Å². The largest absolute Gasteiger partial charge is 0.310 e. The van der Waals surface area contributed by atoms with E-state index < -0.39 is 17.5 Å². The van der Waals surface area contributed by atoms with E-state index in [1.165, 1.54) is 19.3 Å². The summed E-state index contributed by atoms with van der Waals surface area (Å²) >= 11 is 0. The molecule has 1 aliphatic carbocycles. The Balaban J connectivity index is 1.96. The van der Waals surface area contributed by atoms with Gasteiger partial charge in [0.2, 0.25) is 0 Å². The summed E-state index contributed by atoms with van der Waals surface area (Å²) in [5, 5.41) is 3.16. The molecule has 0 spiro atoms. The Morgan fingerprint density at radius 2 is 1.82 bits per heavy atom. The Morgan fingerprint density at radius 1 is 1.18 bits per heavy atom. The molecule has 1 fully saturated rings. The molecule has 0 aromatic heterocycles.